The summed E-state index contributed by atoms with van der Waals surface area (Å²) in [5, 5.41) is 4.99. The van der Waals surface area contributed by atoms with Crippen LogP contribution in [0, 0.1) is 11.8 Å². The molecule has 2 heterocycles. The van der Waals surface area contributed by atoms with Gasteiger partial charge in [0, 0.05) is 17.9 Å². The highest BCUT2D eigenvalue weighted by atomic mass is 19.3. The Kier molecular flexibility index (Phi) is 5.70. The Morgan fingerprint density at radius 3 is 2.62 bits per heavy atom. The summed E-state index contributed by atoms with van der Waals surface area (Å²) in [6.07, 6.45) is 1.75. The van der Waals surface area contributed by atoms with Crippen molar-refractivity contribution in [1.29, 1.82) is 0 Å². The van der Waals surface area contributed by atoms with Crippen LogP contribution in [0.5, 0.6) is 5.75 Å². The average Bonchev–Trinajstić information content (AvgIpc) is 3.54. The van der Waals surface area contributed by atoms with Crippen molar-refractivity contribution in [2.24, 2.45) is 16.9 Å². The number of aromatic nitrogens is 1. The van der Waals surface area contributed by atoms with Gasteiger partial charge in [-0.1, -0.05) is 18.2 Å². The number of hydrogen-bond donors (Lipinski definition) is 0. The van der Waals surface area contributed by atoms with Crippen LogP contribution in [0.25, 0.3) is 0 Å². The number of anilines is 1. The van der Waals surface area contributed by atoms with E-state index < -0.39 is 36.1 Å². The molecule has 1 amide bonds. The molecule has 2 aromatic rings. The Balaban J connectivity index is 1.47. The highest BCUT2D eigenvalue weighted by Gasteiger charge is 2.48. The summed E-state index contributed by atoms with van der Waals surface area (Å²) >= 11 is 0. The van der Waals surface area contributed by atoms with Crippen molar-refractivity contribution < 1.29 is 31.9 Å². The molecule has 1 unspecified atom stereocenters. The van der Waals surface area contributed by atoms with E-state index >= 15 is 0 Å². The number of amides is 1. The number of benzene rings is 1. The number of nitrogens with zero attached hydrogens (tertiary/aromatic N) is 3. The summed E-state index contributed by atoms with van der Waals surface area (Å²) in [5.74, 6) is -6.07. The van der Waals surface area contributed by atoms with Crippen LogP contribution in [0.2, 0.25) is 0 Å². The first-order valence-electron chi connectivity index (χ1n) is 9.96. The molecule has 2 aliphatic rings. The zero-order valence-electron chi connectivity index (χ0n) is 17.0. The van der Waals surface area contributed by atoms with Crippen LogP contribution in [0.3, 0.4) is 0 Å². The van der Waals surface area contributed by atoms with Gasteiger partial charge in [-0.2, -0.15) is 18.9 Å². The lowest BCUT2D eigenvalue weighted by molar-refractivity contribution is -0.128. The summed E-state index contributed by atoms with van der Waals surface area (Å²) < 4.78 is 57.6. The van der Waals surface area contributed by atoms with Gasteiger partial charge in [-0.15, -0.1) is 0 Å². The van der Waals surface area contributed by atoms with Gasteiger partial charge in [0.2, 0.25) is 0 Å². The average molecular weight is 449 g/mol. The van der Waals surface area contributed by atoms with Crippen LogP contribution in [0.4, 0.5) is 23.4 Å². The van der Waals surface area contributed by atoms with Crippen molar-refractivity contribution in [3.8, 4) is 5.75 Å². The van der Waals surface area contributed by atoms with Crippen molar-refractivity contribution >= 4 is 23.2 Å². The minimum Gasteiger partial charge on any atom is -0.433 e. The third-order valence-corrected chi connectivity index (χ3v) is 5.40. The van der Waals surface area contributed by atoms with E-state index in [9.17, 15) is 27.2 Å². The normalized spacial score (nSPS) is 18.8. The largest absolute Gasteiger partial charge is 0.433 e. The van der Waals surface area contributed by atoms with Gasteiger partial charge in [0.05, 0.1) is 11.9 Å². The monoisotopic (exact) mass is 449 g/mol. The fraction of sp³-hybridized carbons (Fsp3) is 0.364. The van der Waals surface area contributed by atoms with E-state index in [0.717, 1.165) is 11.2 Å². The number of hydrazone groups is 1. The predicted octanol–water partition coefficient (Wildman–Crippen LogP) is 4.34. The molecule has 0 spiro atoms. The van der Waals surface area contributed by atoms with E-state index in [-0.39, 0.29) is 29.3 Å². The van der Waals surface area contributed by atoms with Crippen molar-refractivity contribution in [3.63, 3.8) is 0 Å². The molecule has 1 fully saturated rings. The molecule has 6 nitrogen and oxygen atoms in total. The number of hydrogen-bond acceptors (Lipinski definition) is 5. The first-order chi connectivity index (χ1) is 15.2. The maximum atomic E-state index is 14.4. The Morgan fingerprint density at radius 2 is 2.00 bits per heavy atom. The molecule has 168 valence electrons. The van der Waals surface area contributed by atoms with E-state index in [1.165, 1.54) is 37.3 Å². The number of halogens is 4. The minimum absolute atomic E-state index is 0.0392. The first kappa shape index (κ1) is 21.9. The Labute approximate surface area is 180 Å². The SMILES string of the molecule is CC1=NN(c2ccc(OC(F)F)cn2)C(=O)C1C(=O)Cc1cccc(C(F)(F)C2CC2)c1. The van der Waals surface area contributed by atoms with Gasteiger partial charge in [-0.3, -0.25) is 9.59 Å². The molecular weight excluding hydrogens is 430 g/mol. The van der Waals surface area contributed by atoms with Gasteiger partial charge in [0.1, 0.15) is 11.7 Å². The van der Waals surface area contributed by atoms with Gasteiger partial charge in [0.25, 0.3) is 11.8 Å². The molecule has 1 aliphatic heterocycles. The van der Waals surface area contributed by atoms with E-state index in [2.05, 4.69) is 14.8 Å². The van der Waals surface area contributed by atoms with E-state index in [0.29, 0.717) is 18.4 Å². The molecule has 0 bridgehead atoms. The fourth-order valence-electron chi connectivity index (χ4n) is 3.64. The summed E-state index contributed by atoms with van der Waals surface area (Å²) in [6.45, 7) is -1.51. The quantitative estimate of drug-likeness (QED) is 0.444. The molecule has 0 saturated heterocycles. The highest BCUT2D eigenvalue weighted by Crippen LogP contribution is 2.49. The lowest BCUT2D eigenvalue weighted by Crippen LogP contribution is -2.34. The zero-order chi connectivity index (χ0) is 23.0. The van der Waals surface area contributed by atoms with Crippen LogP contribution in [-0.2, 0) is 21.9 Å². The van der Waals surface area contributed by atoms with Crippen molar-refractivity contribution in [2.45, 2.75) is 38.7 Å². The number of ether oxygens (including phenoxy) is 1. The Bertz CT molecular complexity index is 1070. The smallest absolute Gasteiger partial charge is 0.387 e. The topological polar surface area (TPSA) is 71.9 Å². The molecule has 32 heavy (non-hydrogen) atoms. The van der Waals surface area contributed by atoms with Gasteiger partial charge in [0.15, 0.2) is 11.6 Å². The number of alkyl halides is 4. The molecule has 4 rings (SSSR count). The van der Waals surface area contributed by atoms with E-state index in [1.54, 1.807) is 6.07 Å². The number of rotatable bonds is 8. The lowest BCUT2D eigenvalue weighted by Gasteiger charge is -2.17. The summed E-state index contributed by atoms with van der Waals surface area (Å²) in [5.41, 5.74) is 0.484. The van der Waals surface area contributed by atoms with Gasteiger partial charge >= 0.3 is 6.61 Å². The lowest BCUT2D eigenvalue weighted by atomic mass is 9.92. The van der Waals surface area contributed by atoms with Crippen LogP contribution in [0.15, 0.2) is 47.7 Å². The minimum atomic E-state index is -3.01. The summed E-state index contributed by atoms with van der Waals surface area (Å²) in [7, 11) is 0. The zero-order valence-corrected chi connectivity index (χ0v) is 17.0. The van der Waals surface area contributed by atoms with Gasteiger partial charge in [-0.05, 0) is 43.5 Å². The molecule has 0 N–H and O–H groups in total. The Hall–Kier alpha value is -3.30. The molecule has 10 heteroatoms. The van der Waals surface area contributed by atoms with E-state index in [4.69, 9.17) is 0 Å². The number of ketones is 1. The van der Waals surface area contributed by atoms with Gasteiger partial charge < -0.3 is 4.74 Å². The summed E-state index contributed by atoms with van der Waals surface area (Å²) in [6, 6.07) is 8.16. The van der Waals surface area contributed by atoms with Crippen molar-refractivity contribution in [2.75, 3.05) is 5.01 Å². The van der Waals surface area contributed by atoms with Gasteiger partial charge in [-0.25, -0.2) is 13.8 Å². The fourth-order valence-corrected chi connectivity index (χ4v) is 3.64. The van der Waals surface area contributed by atoms with E-state index in [1.807, 2.05) is 0 Å². The standard InChI is InChI=1S/C22H19F4N3O3/c1-12-19(20(31)29(28-12)18-8-7-16(11-27-18)32-21(23)24)17(30)10-13-3-2-4-15(9-13)22(25,26)14-5-6-14/h2-4,7-9,11,14,19,21H,5-6,10H2,1H3. The van der Waals surface area contributed by atoms with Crippen LogP contribution in [-0.4, -0.2) is 29.0 Å². The third kappa shape index (κ3) is 4.35. The molecule has 1 aromatic heterocycles. The third-order valence-electron chi connectivity index (χ3n) is 5.40. The molecule has 1 aliphatic carbocycles. The molecular formula is C22H19F4N3O3. The number of carbonyl (C=O) groups is 2. The van der Waals surface area contributed by atoms with Crippen LogP contribution >= 0.6 is 0 Å². The highest BCUT2D eigenvalue weighted by molar-refractivity contribution is 6.27. The van der Waals surface area contributed by atoms with Crippen LogP contribution < -0.4 is 9.75 Å². The maximum absolute atomic E-state index is 14.4. The second kappa shape index (κ2) is 8.33. The molecule has 1 aromatic carbocycles. The molecule has 1 atom stereocenters. The second-order valence-electron chi connectivity index (χ2n) is 7.80. The maximum Gasteiger partial charge on any atom is 0.387 e. The predicted molar refractivity (Wildman–Crippen MR) is 107 cm³/mol. The number of carbonyl (C=O) groups excluding carboxylic acids is 2. The molecule has 0 radical (unpaired) electrons. The molecule has 1 saturated carbocycles. The van der Waals surface area contributed by atoms with Crippen LogP contribution in [0.1, 0.15) is 30.9 Å². The number of pyridine rings is 1. The van der Waals surface area contributed by atoms with Crippen molar-refractivity contribution in [1.82, 2.24) is 4.98 Å². The Morgan fingerprint density at radius 1 is 1.25 bits per heavy atom. The second-order valence-corrected chi connectivity index (χ2v) is 7.80. The number of Topliss-reactive ketones (excluding diaryl/α,β-unsaturated/α-hetero) is 1. The summed E-state index contributed by atoms with van der Waals surface area (Å²) in [4.78, 5) is 29.6. The van der Waals surface area contributed by atoms with Crippen molar-refractivity contribution in [3.05, 3.63) is 53.7 Å². The first-order valence-corrected chi connectivity index (χ1v) is 9.96.